The van der Waals surface area contributed by atoms with Crippen LogP contribution in [-0.2, 0) is 19.4 Å². The van der Waals surface area contributed by atoms with Crippen LogP contribution in [0, 0.1) is 5.92 Å². The minimum atomic E-state index is 0.723. The molecule has 2 aliphatic rings. The Morgan fingerprint density at radius 1 is 1.35 bits per heavy atom. The maximum atomic E-state index is 4.67. The topological polar surface area (TPSA) is 21.1 Å². The Morgan fingerprint density at radius 2 is 2.24 bits per heavy atom. The number of hydrogen-bond donors (Lipinski definition) is 0. The minimum absolute atomic E-state index is 0.723. The highest BCUT2D eigenvalue weighted by Crippen LogP contribution is 2.24. The van der Waals surface area contributed by atoms with E-state index in [1.165, 1.54) is 50.3 Å². The Bertz CT molecular complexity index is 396. The lowest BCUT2D eigenvalue weighted by Gasteiger charge is -2.24. The first-order valence-electron chi connectivity index (χ1n) is 6.97. The van der Waals surface area contributed by atoms with Gasteiger partial charge in [-0.2, -0.15) is 0 Å². The first-order valence-corrected chi connectivity index (χ1v) is 6.97. The number of likely N-dealkylation sites (tertiary alicyclic amines) is 1. The van der Waals surface area contributed by atoms with Crippen LogP contribution in [0.1, 0.15) is 37.7 Å². The van der Waals surface area contributed by atoms with E-state index in [9.17, 15) is 0 Å². The molecule has 0 aliphatic carbocycles. The summed E-state index contributed by atoms with van der Waals surface area (Å²) in [4.78, 5) is 7.16. The highest BCUT2D eigenvalue weighted by Gasteiger charge is 2.25. The molecule has 3 nitrogen and oxygen atoms in total. The monoisotopic (exact) mass is 233 g/mol. The highest BCUT2D eigenvalue weighted by atomic mass is 15.2. The van der Waals surface area contributed by atoms with Gasteiger partial charge in [0.15, 0.2) is 0 Å². The zero-order chi connectivity index (χ0) is 11.8. The van der Waals surface area contributed by atoms with Crippen LogP contribution in [0.15, 0.2) is 6.20 Å². The number of imidazole rings is 1. The lowest BCUT2D eigenvalue weighted by Crippen LogP contribution is -2.29. The van der Waals surface area contributed by atoms with Crippen LogP contribution >= 0.6 is 0 Å². The summed E-state index contributed by atoms with van der Waals surface area (Å²) in [5.74, 6) is 2.16. The van der Waals surface area contributed by atoms with Gasteiger partial charge < -0.3 is 9.47 Å². The molecular weight excluding hydrogens is 210 g/mol. The molecule has 3 rings (SSSR count). The molecule has 2 atom stereocenters. The van der Waals surface area contributed by atoms with Crippen molar-refractivity contribution in [3.63, 3.8) is 0 Å². The van der Waals surface area contributed by atoms with E-state index in [2.05, 4.69) is 34.6 Å². The molecule has 0 radical (unpaired) electrons. The predicted octanol–water partition coefficient (Wildman–Crippen LogP) is 2.10. The van der Waals surface area contributed by atoms with Crippen molar-refractivity contribution in [1.29, 1.82) is 0 Å². The molecule has 94 valence electrons. The second-order valence-electron chi connectivity index (χ2n) is 5.90. The van der Waals surface area contributed by atoms with Gasteiger partial charge in [0.05, 0.1) is 0 Å². The molecule has 2 aliphatic heterocycles. The summed E-state index contributed by atoms with van der Waals surface area (Å²) in [6.07, 6.45) is 8.48. The minimum Gasteiger partial charge on any atom is -0.332 e. The number of nitrogens with zero attached hydrogens (tertiary/aromatic N) is 3. The van der Waals surface area contributed by atoms with E-state index in [-0.39, 0.29) is 0 Å². The fourth-order valence-electron chi connectivity index (χ4n) is 3.31. The van der Waals surface area contributed by atoms with Crippen molar-refractivity contribution in [1.82, 2.24) is 14.5 Å². The second-order valence-corrected chi connectivity index (χ2v) is 5.90. The summed E-state index contributed by atoms with van der Waals surface area (Å²) in [5.41, 5.74) is 1.46. The number of likely N-dealkylation sites (N-methyl/N-ethyl adjacent to an activating group) is 1. The molecule has 0 saturated carbocycles. The Kier molecular flexibility index (Phi) is 2.95. The molecule has 1 aromatic rings. The molecule has 1 saturated heterocycles. The van der Waals surface area contributed by atoms with Gasteiger partial charge in [0.1, 0.15) is 5.82 Å². The van der Waals surface area contributed by atoms with Crippen molar-refractivity contribution in [3.05, 3.63) is 17.7 Å². The summed E-state index contributed by atoms with van der Waals surface area (Å²) in [5, 5.41) is 0. The number of aromatic nitrogens is 2. The van der Waals surface area contributed by atoms with E-state index in [4.69, 9.17) is 0 Å². The Labute approximate surface area is 104 Å². The first-order chi connectivity index (χ1) is 8.24. The molecule has 1 aromatic heterocycles. The zero-order valence-corrected chi connectivity index (χ0v) is 11.0. The first kappa shape index (κ1) is 11.3. The summed E-state index contributed by atoms with van der Waals surface area (Å²) in [6.45, 7) is 4.79. The van der Waals surface area contributed by atoms with Crippen molar-refractivity contribution in [2.45, 2.75) is 51.6 Å². The van der Waals surface area contributed by atoms with Crippen LogP contribution < -0.4 is 0 Å². The average Bonchev–Trinajstić information content (AvgIpc) is 2.87. The van der Waals surface area contributed by atoms with Gasteiger partial charge in [0.25, 0.3) is 0 Å². The van der Waals surface area contributed by atoms with Crippen LogP contribution in [0.25, 0.3) is 0 Å². The van der Waals surface area contributed by atoms with E-state index < -0.39 is 0 Å². The molecule has 0 bridgehead atoms. The molecule has 2 unspecified atom stereocenters. The predicted molar refractivity (Wildman–Crippen MR) is 69.1 cm³/mol. The van der Waals surface area contributed by atoms with Gasteiger partial charge in [-0.15, -0.1) is 0 Å². The van der Waals surface area contributed by atoms with Crippen LogP contribution in [-0.4, -0.2) is 34.1 Å². The van der Waals surface area contributed by atoms with Gasteiger partial charge in [0, 0.05) is 30.9 Å². The molecule has 0 aromatic carbocycles. The normalized spacial score (nSPS) is 29.5. The van der Waals surface area contributed by atoms with Gasteiger partial charge in [-0.05, 0) is 45.2 Å². The van der Waals surface area contributed by atoms with E-state index in [1.54, 1.807) is 0 Å². The van der Waals surface area contributed by atoms with Crippen LogP contribution in [0.3, 0.4) is 0 Å². The van der Waals surface area contributed by atoms with Gasteiger partial charge >= 0.3 is 0 Å². The van der Waals surface area contributed by atoms with Gasteiger partial charge in [-0.1, -0.05) is 6.92 Å². The lowest BCUT2D eigenvalue weighted by atomic mass is 9.98. The summed E-state index contributed by atoms with van der Waals surface area (Å²) >= 11 is 0. The van der Waals surface area contributed by atoms with Crippen LogP contribution in [0.5, 0.6) is 0 Å². The lowest BCUT2D eigenvalue weighted by molar-refractivity contribution is 0.300. The van der Waals surface area contributed by atoms with E-state index in [0.29, 0.717) is 0 Å². The standard InChI is InChI=1S/C14H23N3/c1-11-5-7-17-13(8-11)10-15-14(17)9-12-4-3-6-16(12)2/h10-12H,3-9H2,1-2H3. The fraction of sp³-hybridized carbons (Fsp3) is 0.786. The number of hydrogen-bond acceptors (Lipinski definition) is 2. The quantitative estimate of drug-likeness (QED) is 0.780. The largest absolute Gasteiger partial charge is 0.332 e. The van der Waals surface area contributed by atoms with Gasteiger partial charge in [-0.3, -0.25) is 0 Å². The van der Waals surface area contributed by atoms with Crippen LogP contribution in [0.4, 0.5) is 0 Å². The summed E-state index contributed by atoms with van der Waals surface area (Å²) < 4.78 is 2.48. The molecular formula is C14H23N3. The van der Waals surface area contributed by atoms with Gasteiger partial charge in [-0.25, -0.2) is 4.98 Å². The molecule has 0 N–H and O–H groups in total. The molecule has 1 fully saturated rings. The van der Waals surface area contributed by atoms with Crippen molar-refractivity contribution < 1.29 is 0 Å². The van der Waals surface area contributed by atoms with Crippen molar-refractivity contribution in [2.75, 3.05) is 13.6 Å². The summed E-state index contributed by atoms with van der Waals surface area (Å²) in [7, 11) is 2.25. The fourth-order valence-corrected chi connectivity index (χ4v) is 3.31. The maximum Gasteiger partial charge on any atom is 0.110 e. The zero-order valence-electron chi connectivity index (χ0n) is 11.0. The third-order valence-corrected chi connectivity index (χ3v) is 4.51. The molecule has 0 spiro atoms. The number of rotatable bonds is 2. The smallest absolute Gasteiger partial charge is 0.110 e. The van der Waals surface area contributed by atoms with E-state index in [0.717, 1.165) is 18.4 Å². The van der Waals surface area contributed by atoms with E-state index in [1.807, 2.05) is 0 Å². The van der Waals surface area contributed by atoms with Crippen molar-refractivity contribution in [3.8, 4) is 0 Å². The second kappa shape index (κ2) is 4.45. The van der Waals surface area contributed by atoms with Crippen LogP contribution in [0.2, 0.25) is 0 Å². The Hall–Kier alpha value is -0.830. The van der Waals surface area contributed by atoms with Gasteiger partial charge in [0.2, 0.25) is 0 Å². The highest BCUT2D eigenvalue weighted by molar-refractivity contribution is 5.10. The third-order valence-electron chi connectivity index (χ3n) is 4.51. The summed E-state index contributed by atoms with van der Waals surface area (Å²) in [6, 6.07) is 0.723. The molecule has 3 heteroatoms. The Balaban J connectivity index is 1.76. The molecule has 0 amide bonds. The van der Waals surface area contributed by atoms with Crippen molar-refractivity contribution >= 4 is 0 Å². The molecule has 17 heavy (non-hydrogen) atoms. The SMILES string of the molecule is CC1CCn2c(cnc2CC2CCCN2C)C1. The van der Waals surface area contributed by atoms with E-state index >= 15 is 0 Å². The number of fused-ring (bicyclic) bond motifs is 1. The Morgan fingerprint density at radius 3 is 3.00 bits per heavy atom. The third kappa shape index (κ3) is 2.13. The molecule has 3 heterocycles. The maximum absolute atomic E-state index is 4.67. The average molecular weight is 233 g/mol. The van der Waals surface area contributed by atoms with Crippen molar-refractivity contribution in [2.24, 2.45) is 5.92 Å².